The average Bonchev–Trinajstić information content (AvgIpc) is 2.51. The molecule has 0 heterocycles. The highest BCUT2D eigenvalue weighted by molar-refractivity contribution is 5.92. The summed E-state index contributed by atoms with van der Waals surface area (Å²) in [5, 5.41) is 4.90. The maximum absolute atomic E-state index is 12.3. The molecule has 8 heteroatoms. The van der Waals surface area contributed by atoms with Crippen LogP contribution in [0.25, 0.3) is 0 Å². The van der Waals surface area contributed by atoms with Crippen molar-refractivity contribution in [2.24, 2.45) is 5.92 Å². The van der Waals surface area contributed by atoms with Gasteiger partial charge in [-0.1, -0.05) is 20.3 Å². The average molecular weight is 330 g/mol. The van der Waals surface area contributed by atoms with Crippen molar-refractivity contribution in [3.8, 4) is 0 Å². The minimum Gasteiger partial charge on any atom is -0.469 e. The van der Waals surface area contributed by atoms with Gasteiger partial charge >= 0.3 is 11.9 Å². The van der Waals surface area contributed by atoms with Gasteiger partial charge < -0.3 is 20.1 Å². The van der Waals surface area contributed by atoms with Crippen LogP contribution in [0, 0.1) is 5.92 Å². The second-order valence-electron chi connectivity index (χ2n) is 5.37. The third-order valence-electron chi connectivity index (χ3n) is 3.43. The molecule has 132 valence electrons. The second-order valence-corrected chi connectivity index (χ2v) is 5.37. The molecule has 0 aromatic carbocycles. The van der Waals surface area contributed by atoms with Gasteiger partial charge in [-0.25, -0.2) is 4.79 Å². The third-order valence-corrected chi connectivity index (χ3v) is 3.43. The van der Waals surface area contributed by atoms with E-state index in [9.17, 15) is 19.2 Å². The molecule has 8 nitrogen and oxygen atoms in total. The molecule has 0 radical (unpaired) electrons. The Kier molecular flexibility index (Phi) is 9.60. The van der Waals surface area contributed by atoms with Crippen molar-refractivity contribution in [2.45, 2.75) is 52.1 Å². The third kappa shape index (κ3) is 8.18. The Hall–Kier alpha value is -2.12. The molecule has 0 aromatic heterocycles. The minimum atomic E-state index is -1.11. The van der Waals surface area contributed by atoms with E-state index in [-0.39, 0.29) is 12.3 Å². The molecule has 23 heavy (non-hydrogen) atoms. The SMILES string of the molecule is CCC(C)CC(NC(=O)C(CC(=O)OC)NC(C)=O)C(=O)OC. The van der Waals surface area contributed by atoms with Gasteiger partial charge in [0.25, 0.3) is 0 Å². The molecule has 3 atom stereocenters. The van der Waals surface area contributed by atoms with Crippen LogP contribution in [0.5, 0.6) is 0 Å². The molecule has 0 fully saturated rings. The molecule has 2 N–H and O–H groups in total. The highest BCUT2D eigenvalue weighted by Gasteiger charge is 2.29. The molecule has 0 spiro atoms. The number of hydrogen-bond donors (Lipinski definition) is 2. The summed E-state index contributed by atoms with van der Waals surface area (Å²) >= 11 is 0. The summed E-state index contributed by atoms with van der Waals surface area (Å²) in [4.78, 5) is 46.7. The zero-order valence-electron chi connectivity index (χ0n) is 14.3. The van der Waals surface area contributed by atoms with E-state index < -0.39 is 35.8 Å². The van der Waals surface area contributed by atoms with Crippen LogP contribution in [0.1, 0.15) is 40.0 Å². The molecule has 0 aliphatic carbocycles. The number of methoxy groups -OCH3 is 2. The Balaban J connectivity index is 5.02. The summed E-state index contributed by atoms with van der Waals surface area (Å²) in [6, 6.07) is -1.94. The van der Waals surface area contributed by atoms with Crippen molar-refractivity contribution in [3.05, 3.63) is 0 Å². The van der Waals surface area contributed by atoms with Crippen LogP contribution in [0.4, 0.5) is 0 Å². The first-order valence-corrected chi connectivity index (χ1v) is 7.47. The Morgan fingerprint density at radius 2 is 1.61 bits per heavy atom. The van der Waals surface area contributed by atoms with E-state index in [0.29, 0.717) is 6.42 Å². The van der Waals surface area contributed by atoms with Gasteiger partial charge in [0.05, 0.1) is 20.6 Å². The van der Waals surface area contributed by atoms with Gasteiger partial charge in [0.1, 0.15) is 12.1 Å². The van der Waals surface area contributed by atoms with E-state index in [1.54, 1.807) is 0 Å². The maximum Gasteiger partial charge on any atom is 0.328 e. The van der Waals surface area contributed by atoms with E-state index in [1.165, 1.54) is 21.1 Å². The van der Waals surface area contributed by atoms with Crippen molar-refractivity contribution in [2.75, 3.05) is 14.2 Å². The lowest BCUT2D eigenvalue weighted by molar-refractivity contribution is -0.146. The van der Waals surface area contributed by atoms with Crippen molar-refractivity contribution in [1.29, 1.82) is 0 Å². The standard InChI is InChI=1S/C15H26N2O6/c1-6-9(2)7-12(15(21)23-5)17-14(20)11(16-10(3)18)8-13(19)22-4/h9,11-12H,6-8H2,1-5H3,(H,16,18)(H,17,20). The topological polar surface area (TPSA) is 111 Å². The van der Waals surface area contributed by atoms with Crippen LogP contribution in [0.15, 0.2) is 0 Å². The fourth-order valence-corrected chi connectivity index (χ4v) is 1.90. The molecule has 0 bridgehead atoms. The largest absolute Gasteiger partial charge is 0.469 e. The first-order chi connectivity index (χ1) is 10.7. The minimum absolute atomic E-state index is 0.194. The molecule has 0 rings (SSSR count). The predicted molar refractivity (Wildman–Crippen MR) is 82.3 cm³/mol. The number of nitrogens with one attached hydrogen (secondary N) is 2. The number of carbonyl (C=O) groups is 4. The van der Waals surface area contributed by atoms with Crippen molar-refractivity contribution >= 4 is 23.8 Å². The molecule has 2 amide bonds. The van der Waals surface area contributed by atoms with E-state index in [0.717, 1.165) is 6.42 Å². The monoisotopic (exact) mass is 330 g/mol. The van der Waals surface area contributed by atoms with E-state index in [2.05, 4.69) is 20.1 Å². The van der Waals surface area contributed by atoms with Gasteiger partial charge in [0.15, 0.2) is 0 Å². The number of rotatable bonds is 9. The second kappa shape index (κ2) is 10.6. The lowest BCUT2D eigenvalue weighted by Crippen LogP contribution is -2.52. The Labute approximate surface area is 136 Å². The summed E-state index contributed by atoms with van der Waals surface area (Å²) in [6.07, 6.45) is 0.916. The number of carbonyl (C=O) groups excluding carboxylic acids is 4. The molecular weight excluding hydrogens is 304 g/mol. The summed E-state index contributed by atoms with van der Waals surface area (Å²) < 4.78 is 9.20. The van der Waals surface area contributed by atoms with Gasteiger partial charge in [0.2, 0.25) is 11.8 Å². The van der Waals surface area contributed by atoms with E-state index >= 15 is 0 Å². The number of esters is 2. The number of amides is 2. The predicted octanol–water partition coefficient (Wildman–Crippen LogP) is 0.148. The van der Waals surface area contributed by atoms with Crippen molar-refractivity contribution in [3.63, 3.8) is 0 Å². The van der Waals surface area contributed by atoms with Gasteiger partial charge in [-0.3, -0.25) is 14.4 Å². The summed E-state index contributed by atoms with van der Waals surface area (Å²) in [6.45, 7) is 5.15. The van der Waals surface area contributed by atoms with Crippen LogP contribution < -0.4 is 10.6 Å². The van der Waals surface area contributed by atoms with Crippen molar-refractivity contribution < 1.29 is 28.7 Å². The van der Waals surface area contributed by atoms with E-state index in [4.69, 9.17) is 0 Å². The lowest BCUT2D eigenvalue weighted by atomic mass is 9.99. The molecular formula is C15H26N2O6. The summed E-state index contributed by atoms with van der Waals surface area (Å²) in [7, 11) is 2.42. The molecule has 0 aromatic rings. The normalized spacial score (nSPS) is 14.1. The molecule has 3 unspecified atom stereocenters. The number of hydrogen-bond acceptors (Lipinski definition) is 6. The van der Waals surface area contributed by atoms with Crippen LogP contribution >= 0.6 is 0 Å². The first-order valence-electron chi connectivity index (χ1n) is 7.47. The zero-order chi connectivity index (χ0) is 18.0. The first kappa shape index (κ1) is 20.9. The fourth-order valence-electron chi connectivity index (χ4n) is 1.90. The molecule has 0 aliphatic heterocycles. The summed E-state index contributed by atoms with van der Waals surface area (Å²) in [5.74, 6) is -2.12. The molecule has 0 saturated carbocycles. The number of ether oxygens (including phenoxy) is 2. The smallest absolute Gasteiger partial charge is 0.328 e. The quantitative estimate of drug-likeness (QED) is 0.582. The Morgan fingerprint density at radius 3 is 2.04 bits per heavy atom. The van der Waals surface area contributed by atoms with Crippen LogP contribution in [0.2, 0.25) is 0 Å². The maximum atomic E-state index is 12.3. The van der Waals surface area contributed by atoms with Crippen molar-refractivity contribution in [1.82, 2.24) is 10.6 Å². The van der Waals surface area contributed by atoms with Gasteiger partial charge in [-0.2, -0.15) is 0 Å². The molecule has 0 aliphatic rings. The van der Waals surface area contributed by atoms with E-state index in [1.807, 2.05) is 13.8 Å². The van der Waals surface area contributed by atoms with Gasteiger partial charge in [0, 0.05) is 6.92 Å². The Bertz CT molecular complexity index is 438. The van der Waals surface area contributed by atoms with Crippen LogP contribution in [-0.2, 0) is 28.7 Å². The molecule has 0 saturated heterocycles. The fraction of sp³-hybridized carbons (Fsp3) is 0.733. The Morgan fingerprint density at radius 1 is 1.00 bits per heavy atom. The van der Waals surface area contributed by atoms with Gasteiger partial charge in [-0.15, -0.1) is 0 Å². The van der Waals surface area contributed by atoms with Crippen LogP contribution in [0.3, 0.4) is 0 Å². The zero-order valence-corrected chi connectivity index (χ0v) is 14.3. The highest BCUT2D eigenvalue weighted by Crippen LogP contribution is 2.11. The highest BCUT2D eigenvalue weighted by atomic mass is 16.5. The lowest BCUT2D eigenvalue weighted by Gasteiger charge is -2.23. The van der Waals surface area contributed by atoms with Crippen LogP contribution in [-0.4, -0.2) is 50.1 Å². The summed E-state index contributed by atoms with van der Waals surface area (Å²) in [5.41, 5.74) is 0. The van der Waals surface area contributed by atoms with Gasteiger partial charge in [-0.05, 0) is 12.3 Å².